The number of esters is 1. The number of alkyl halides is 3. The Morgan fingerprint density at radius 2 is 1.89 bits per heavy atom. The average molecular weight is 262 g/mol. The molecule has 1 aromatic rings. The summed E-state index contributed by atoms with van der Waals surface area (Å²) >= 11 is 0. The summed E-state index contributed by atoms with van der Waals surface area (Å²) < 4.78 is 42.0. The van der Waals surface area contributed by atoms with Crippen molar-refractivity contribution in [2.75, 3.05) is 7.11 Å². The Kier molecular flexibility index (Phi) is 4.72. The number of rotatable bonds is 4. The van der Waals surface area contributed by atoms with Crippen molar-refractivity contribution in [1.29, 1.82) is 0 Å². The third-order valence-electron chi connectivity index (χ3n) is 2.48. The van der Waals surface area contributed by atoms with Crippen LogP contribution in [0.3, 0.4) is 0 Å². The first-order chi connectivity index (χ1) is 8.36. The molecule has 0 aromatic heterocycles. The monoisotopic (exact) mass is 262 g/mol. The van der Waals surface area contributed by atoms with Crippen LogP contribution in [0.15, 0.2) is 30.3 Å². The summed E-state index contributed by atoms with van der Waals surface area (Å²) in [5.41, 5.74) is 0.517. The van der Waals surface area contributed by atoms with Crippen LogP contribution in [0.5, 0.6) is 0 Å². The van der Waals surface area contributed by atoms with Crippen LogP contribution >= 0.6 is 0 Å². The van der Waals surface area contributed by atoms with Gasteiger partial charge >= 0.3 is 12.1 Å². The lowest BCUT2D eigenvalue weighted by molar-refractivity contribution is -0.213. The summed E-state index contributed by atoms with van der Waals surface area (Å²) in [5, 5.41) is 9.58. The summed E-state index contributed by atoms with van der Waals surface area (Å²) in [5.74, 6) is -4.01. The van der Waals surface area contributed by atoms with E-state index in [2.05, 4.69) is 4.74 Å². The predicted octanol–water partition coefficient (Wildman–Crippen LogP) is 1.94. The fourth-order valence-electron chi connectivity index (χ4n) is 1.61. The van der Waals surface area contributed by atoms with E-state index < -0.39 is 24.2 Å². The van der Waals surface area contributed by atoms with E-state index in [4.69, 9.17) is 0 Å². The number of hydrogen-bond acceptors (Lipinski definition) is 3. The van der Waals surface area contributed by atoms with Gasteiger partial charge in [0.15, 0.2) is 5.92 Å². The minimum Gasteiger partial charge on any atom is -0.468 e. The van der Waals surface area contributed by atoms with Crippen LogP contribution in [0, 0.1) is 5.92 Å². The standard InChI is InChI=1S/C12H13F3O3/c1-18-11(17)10(12(13,14)15)9(16)7-8-5-3-2-4-6-8/h2-6,9-10,16H,7H2,1H3/t9-,10+/m1/s1. The highest BCUT2D eigenvalue weighted by atomic mass is 19.4. The minimum absolute atomic E-state index is 0.264. The Morgan fingerprint density at radius 1 is 1.33 bits per heavy atom. The highest BCUT2D eigenvalue weighted by Gasteiger charge is 2.50. The maximum absolute atomic E-state index is 12.6. The molecule has 0 bridgehead atoms. The van der Waals surface area contributed by atoms with Gasteiger partial charge in [-0.15, -0.1) is 0 Å². The van der Waals surface area contributed by atoms with Gasteiger partial charge in [-0.25, -0.2) is 0 Å². The van der Waals surface area contributed by atoms with Crippen molar-refractivity contribution in [2.24, 2.45) is 5.92 Å². The Hall–Kier alpha value is -1.56. The Labute approximate surface area is 102 Å². The molecule has 0 spiro atoms. The van der Waals surface area contributed by atoms with Crippen molar-refractivity contribution in [3.63, 3.8) is 0 Å². The van der Waals surface area contributed by atoms with Crippen molar-refractivity contribution >= 4 is 5.97 Å². The van der Waals surface area contributed by atoms with E-state index in [9.17, 15) is 23.1 Å². The molecule has 1 rings (SSSR count). The first-order valence-corrected chi connectivity index (χ1v) is 5.22. The lowest BCUT2D eigenvalue weighted by Crippen LogP contribution is -2.42. The molecule has 0 aliphatic carbocycles. The zero-order valence-corrected chi connectivity index (χ0v) is 9.65. The number of aliphatic hydroxyl groups excluding tert-OH is 1. The summed E-state index contributed by atoms with van der Waals surface area (Å²) in [7, 11) is 0.857. The van der Waals surface area contributed by atoms with Crippen LogP contribution in [0.25, 0.3) is 0 Å². The van der Waals surface area contributed by atoms with Gasteiger partial charge in [-0.3, -0.25) is 4.79 Å². The van der Waals surface area contributed by atoms with Crippen LogP contribution in [0.4, 0.5) is 13.2 Å². The first kappa shape index (κ1) is 14.5. The molecule has 3 nitrogen and oxygen atoms in total. The number of aliphatic hydroxyl groups is 1. The van der Waals surface area contributed by atoms with E-state index in [-0.39, 0.29) is 6.42 Å². The number of carbonyl (C=O) groups excluding carboxylic acids is 1. The molecule has 0 saturated carbocycles. The summed E-state index contributed by atoms with van der Waals surface area (Å²) in [6.45, 7) is 0. The molecule has 18 heavy (non-hydrogen) atoms. The summed E-state index contributed by atoms with van der Waals surface area (Å²) in [6.07, 6.45) is -6.96. The topological polar surface area (TPSA) is 46.5 Å². The van der Waals surface area contributed by atoms with Gasteiger partial charge in [-0.05, 0) is 12.0 Å². The third-order valence-corrected chi connectivity index (χ3v) is 2.48. The van der Waals surface area contributed by atoms with Crippen LogP contribution < -0.4 is 0 Å². The molecule has 0 heterocycles. The molecule has 2 atom stereocenters. The average Bonchev–Trinajstić information content (AvgIpc) is 2.28. The van der Waals surface area contributed by atoms with Crippen molar-refractivity contribution < 1.29 is 27.8 Å². The second kappa shape index (κ2) is 5.86. The zero-order chi connectivity index (χ0) is 13.8. The largest absolute Gasteiger partial charge is 0.468 e. The number of ether oxygens (including phenoxy) is 1. The number of benzene rings is 1. The summed E-state index contributed by atoms with van der Waals surface area (Å²) in [6, 6.07) is 8.14. The van der Waals surface area contributed by atoms with Crippen molar-refractivity contribution in [3.8, 4) is 0 Å². The van der Waals surface area contributed by atoms with E-state index in [1.165, 1.54) is 0 Å². The van der Waals surface area contributed by atoms with E-state index in [1.807, 2.05) is 0 Å². The zero-order valence-electron chi connectivity index (χ0n) is 9.65. The Bertz CT molecular complexity index is 389. The molecule has 6 heteroatoms. The molecule has 0 radical (unpaired) electrons. The second-order valence-electron chi connectivity index (χ2n) is 3.80. The molecule has 0 aliphatic heterocycles. The molecule has 0 aliphatic rings. The fraction of sp³-hybridized carbons (Fsp3) is 0.417. The van der Waals surface area contributed by atoms with Gasteiger partial charge < -0.3 is 9.84 Å². The minimum atomic E-state index is -4.83. The van der Waals surface area contributed by atoms with Crippen LogP contribution in [-0.4, -0.2) is 30.5 Å². The Morgan fingerprint density at radius 3 is 2.33 bits per heavy atom. The molecular formula is C12H13F3O3. The van der Waals surface area contributed by atoms with Crippen molar-refractivity contribution in [1.82, 2.24) is 0 Å². The highest BCUT2D eigenvalue weighted by molar-refractivity contribution is 5.73. The summed E-state index contributed by atoms with van der Waals surface area (Å²) in [4.78, 5) is 11.1. The Balaban J connectivity index is 2.84. The number of carbonyl (C=O) groups is 1. The third kappa shape index (κ3) is 3.73. The number of hydrogen-bond donors (Lipinski definition) is 1. The SMILES string of the molecule is COC(=O)[C@H]([C@H](O)Cc1ccccc1)C(F)(F)F. The van der Waals surface area contributed by atoms with Crippen molar-refractivity contribution in [3.05, 3.63) is 35.9 Å². The van der Waals surface area contributed by atoms with Gasteiger partial charge in [0.25, 0.3) is 0 Å². The maximum atomic E-state index is 12.6. The normalized spacial score (nSPS) is 14.9. The van der Waals surface area contributed by atoms with Gasteiger partial charge in [-0.1, -0.05) is 30.3 Å². The molecule has 0 unspecified atom stereocenters. The van der Waals surface area contributed by atoms with Crippen LogP contribution in [-0.2, 0) is 16.0 Å². The smallest absolute Gasteiger partial charge is 0.404 e. The molecule has 0 fully saturated rings. The molecule has 100 valence electrons. The molecule has 1 N–H and O–H groups in total. The lowest BCUT2D eigenvalue weighted by Gasteiger charge is -2.23. The molecular weight excluding hydrogens is 249 g/mol. The quantitative estimate of drug-likeness (QED) is 0.843. The van der Waals surface area contributed by atoms with Gasteiger partial charge in [0.1, 0.15) is 0 Å². The van der Waals surface area contributed by atoms with Crippen molar-refractivity contribution in [2.45, 2.75) is 18.7 Å². The first-order valence-electron chi connectivity index (χ1n) is 5.22. The molecule has 1 aromatic carbocycles. The maximum Gasteiger partial charge on any atom is 0.404 e. The second-order valence-corrected chi connectivity index (χ2v) is 3.80. The van der Waals surface area contributed by atoms with E-state index in [1.54, 1.807) is 30.3 Å². The number of halogens is 3. The number of methoxy groups -OCH3 is 1. The van der Waals surface area contributed by atoms with E-state index in [0.29, 0.717) is 5.56 Å². The molecule has 0 saturated heterocycles. The predicted molar refractivity (Wildman–Crippen MR) is 57.7 cm³/mol. The highest BCUT2D eigenvalue weighted by Crippen LogP contribution is 2.31. The van der Waals surface area contributed by atoms with Crippen LogP contribution in [0.2, 0.25) is 0 Å². The van der Waals surface area contributed by atoms with Gasteiger partial charge in [0.05, 0.1) is 13.2 Å². The van der Waals surface area contributed by atoms with Gasteiger partial charge in [-0.2, -0.15) is 13.2 Å². The lowest BCUT2D eigenvalue weighted by atomic mass is 9.95. The van der Waals surface area contributed by atoms with Gasteiger partial charge in [0, 0.05) is 0 Å². The molecule has 0 amide bonds. The van der Waals surface area contributed by atoms with Gasteiger partial charge in [0.2, 0.25) is 0 Å². The fourth-order valence-corrected chi connectivity index (χ4v) is 1.61. The van der Waals surface area contributed by atoms with Crippen LogP contribution in [0.1, 0.15) is 5.56 Å². The van der Waals surface area contributed by atoms with E-state index >= 15 is 0 Å². The van der Waals surface area contributed by atoms with E-state index in [0.717, 1.165) is 7.11 Å².